The lowest BCUT2D eigenvalue weighted by Gasteiger charge is -2.11. The van der Waals surface area contributed by atoms with Crippen molar-refractivity contribution in [2.75, 3.05) is 0 Å². The van der Waals surface area contributed by atoms with E-state index in [1.165, 1.54) is 69.8 Å². The van der Waals surface area contributed by atoms with E-state index in [-0.39, 0.29) is 0 Å². The minimum atomic E-state index is 0.728. The number of unbranched alkanes of at least 4 members (excludes halogenated alkanes) is 8. The van der Waals surface area contributed by atoms with Gasteiger partial charge in [0.05, 0.1) is 0 Å². The second kappa shape index (κ2) is 11.1. The van der Waals surface area contributed by atoms with Crippen molar-refractivity contribution >= 4 is 0 Å². The Morgan fingerprint density at radius 1 is 0.737 bits per heavy atom. The molecule has 0 spiro atoms. The highest BCUT2D eigenvalue weighted by molar-refractivity contribution is 5.18. The van der Waals surface area contributed by atoms with Crippen LogP contribution in [0.3, 0.4) is 0 Å². The second-order valence-electron chi connectivity index (χ2n) is 5.93. The summed E-state index contributed by atoms with van der Waals surface area (Å²) in [5.41, 5.74) is 1.50. The van der Waals surface area contributed by atoms with Crippen LogP contribution in [0.15, 0.2) is 30.3 Å². The zero-order valence-electron chi connectivity index (χ0n) is 13.0. The van der Waals surface area contributed by atoms with Crippen molar-refractivity contribution in [1.29, 1.82) is 0 Å². The van der Waals surface area contributed by atoms with Gasteiger partial charge in [-0.2, -0.15) is 0 Å². The highest BCUT2D eigenvalue weighted by atomic mass is 14.1. The van der Waals surface area contributed by atoms with Crippen molar-refractivity contribution in [3.05, 3.63) is 35.9 Å². The number of hydrogen-bond donors (Lipinski definition) is 0. The van der Waals surface area contributed by atoms with Crippen LogP contribution in [-0.4, -0.2) is 0 Å². The first kappa shape index (κ1) is 16.3. The molecule has 0 nitrogen and oxygen atoms in total. The first-order valence-electron chi connectivity index (χ1n) is 8.39. The van der Waals surface area contributed by atoms with Crippen LogP contribution >= 0.6 is 0 Å². The van der Waals surface area contributed by atoms with Gasteiger partial charge in [0, 0.05) is 0 Å². The van der Waals surface area contributed by atoms with E-state index in [1.807, 2.05) is 0 Å². The Hall–Kier alpha value is -0.780. The SMILES string of the molecule is CCCCCCCCCCCC(C)c1ccccc1. The summed E-state index contributed by atoms with van der Waals surface area (Å²) < 4.78 is 0. The van der Waals surface area contributed by atoms with Gasteiger partial charge in [-0.15, -0.1) is 0 Å². The summed E-state index contributed by atoms with van der Waals surface area (Å²) in [5, 5.41) is 0. The fourth-order valence-corrected chi connectivity index (χ4v) is 2.71. The molecule has 0 amide bonds. The Kier molecular flexibility index (Phi) is 9.49. The molecule has 1 unspecified atom stereocenters. The Labute approximate surface area is 120 Å². The molecule has 0 saturated heterocycles. The van der Waals surface area contributed by atoms with Gasteiger partial charge in [-0.3, -0.25) is 0 Å². The Balaban J connectivity index is 1.93. The molecule has 1 aromatic rings. The zero-order chi connectivity index (χ0) is 13.8. The fourth-order valence-electron chi connectivity index (χ4n) is 2.71. The number of benzene rings is 1. The van der Waals surface area contributed by atoms with Gasteiger partial charge in [-0.05, 0) is 17.9 Å². The van der Waals surface area contributed by atoms with Crippen LogP contribution in [-0.2, 0) is 0 Å². The summed E-state index contributed by atoms with van der Waals surface area (Å²) in [6.45, 7) is 4.65. The van der Waals surface area contributed by atoms with Crippen molar-refractivity contribution in [2.45, 2.75) is 84.0 Å². The molecule has 0 aliphatic carbocycles. The van der Waals surface area contributed by atoms with Gasteiger partial charge < -0.3 is 0 Å². The first-order valence-corrected chi connectivity index (χ1v) is 8.39. The summed E-state index contributed by atoms with van der Waals surface area (Å²) >= 11 is 0. The average Bonchev–Trinajstić information content (AvgIpc) is 2.46. The predicted octanol–water partition coefficient (Wildman–Crippen LogP) is 6.71. The van der Waals surface area contributed by atoms with Gasteiger partial charge in [0.15, 0.2) is 0 Å². The summed E-state index contributed by atoms with van der Waals surface area (Å²) in [7, 11) is 0. The van der Waals surface area contributed by atoms with Crippen molar-refractivity contribution in [2.24, 2.45) is 0 Å². The molecular formula is C19H32. The number of hydrogen-bond acceptors (Lipinski definition) is 0. The van der Waals surface area contributed by atoms with Crippen molar-refractivity contribution in [3.8, 4) is 0 Å². The molecule has 1 atom stereocenters. The smallest absolute Gasteiger partial charge is 0.0190 e. The van der Waals surface area contributed by atoms with Crippen molar-refractivity contribution < 1.29 is 0 Å². The topological polar surface area (TPSA) is 0 Å². The second-order valence-corrected chi connectivity index (χ2v) is 5.93. The van der Waals surface area contributed by atoms with Gasteiger partial charge >= 0.3 is 0 Å². The van der Waals surface area contributed by atoms with Gasteiger partial charge in [0.25, 0.3) is 0 Å². The van der Waals surface area contributed by atoms with Crippen molar-refractivity contribution in [1.82, 2.24) is 0 Å². The molecule has 0 aliphatic rings. The summed E-state index contributed by atoms with van der Waals surface area (Å²) in [6.07, 6.45) is 14.2. The normalized spacial score (nSPS) is 12.5. The van der Waals surface area contributed by atoms with E-state index in [0.29, 0.717) is 0 Å². The fraction of sp³-hybridized carbons (Fsp3) is 0.684. The molecule has 0 saturated carbocycles. The van der Waals surface area contributed by atoms with Crippen LogP contribution in [0, 0.1) is 0 Å². The molecule has 0 aromatic heterocycles. The quantitative estimate of drug-likeness (QED) is 0.388. The summed E-state index contributed by atoms with van der Waals surface area (Å²) in [5.74, 6) is 0.728. The molecule has 19 heavy (non-hydrogen) atoms. The Morgan fingerprint density at radius 2 is 1.26 bits per heavy atom. The van der Waals surface area contributed by atoms with Gasteiger partial charge in [0.1, 0.15) is 0 Å². The molecule has 0 fully saturated rings. The van der Waals surface area contributed by atoms with Crippen LogP contribution in [0.2, 0.25) is 0 Å². The monoisotopic (exact) mass is 260 g/mol. The molecule has 1 rings (SSSR count). The minimum absolute atomic E-state index is 0.728. The van der Waals surface area contributed by atoms with E-state index in [2.05, 4.69) is 44.2 Å². The standard InChI is InChI=1S/C19H32/c1-3-4-5-6-7-8-9-10-12-15-18(2)19-16-13-11-14-17-19/h11,13-14,16-18H,3-10,12,15H2,1-2H3. The molecular weight excluding hydrogens is 228 g/mol. The molecule has 0 aliphatic heterocycles. The third kappa shape index (κ3) is 8.08. The Bertz CT molecular complexity index is 288. The molecule has 0 heteroatoms. The zero-order valence-corrected chi connectivity index (χ0v) is 13.0. The lowest BCUT2D eigenvalue weighted by molar-refractivity contribution is 0.538. The van der Waals surface area contributed by atoms with Crippen LogP contribution in [0.1, 0.15) is 89.5 Å². The van der Waals surface area contributed by atoms with E-state index in [9.17, 15) is 0 Å². The Morgan fingerprint density at radius 3 is 1.84 bits per heavy atom. The highest BCUT2D eigenvalue weighted by Gasteiger charge is 2.03. The molecule has 0 N–H and O–H groups in total. The van der Waals surface area contributed by atoms with E-state index >= 15 is 0 Å². The minimum Gasteiger partial charge on any atom is -0.0654 e. The molecule has 0 radical (unpaired) electrons. The maximum Gasteiger partial charge on any atom is -0.0190 e. The lowest BCUT2D eigenvalue weighted by Crippen LogP contribution is -1.93. The van der Waals surface area contributed by atoms with E-state index < -0.39 is 0 Å². The summed E-state index contributed by atoms with van der Waals surface area (Å²) in [6, 6.07) is 10.9. The van der Waals surface area contributed by atoms with Crippen LogP contribution < -0.4 is 0 Å². The van der Waals surface area contributed by atoms with Crippen molar-refractivity contribution in [3.63, 3.8) is 0 Å². The van der Waals surface area contributed by atoms with Crippen LogP contribution in [0.25, 0.3) is 0 Å². The first-order chi connectivity index (χ1) is 9.34. The van der Waals surface area contributed by atoms with Gasteiger partial charge in [-0.25, -0.2) is 0 Å². The van der Waals surface area contributed by atoms with Gasteiger partial charge in [0.2, 0.25) is 0 Å². The maximum atomic E-state index is 2.36. The third-order valence-electron chi connectivity index (χ3n) is 4.11. The summed E-state index contributed by atoms with van der Waals surface area (Å²) in [4.78, 5) is 0. The largest absolute Gasteiger partial charge is 0.0654 e. The van der Waals surface area contributed by atoms with E-state index in [1.54, 1.807) is 0 Å². The van der Waals surface area contributed by atoms with E-state index in [4.69, 9.17) is 0 Å². The number of rotatable bonds is 11. The van der Waals surface area contributed by atoms with E-state index in [0.717, 1.165) is 5.92 Å². The molecule has 108 valence electrons. The molecule has 0 bridgehead atoms. The highest BCUT2D eigenvalue weighted by Crippen LogP contribution is 2.21. The van der Waals surface area contributed by atoms with Crippen LogP contribution in [0.5, 0.6) is 0 Å². The predicted molar refractivity (Wildman–Crippen MR) is 86.7 cm³/mol. The van der Waals surface area contributed by atoms with Gasteiger partial charge in [-0.1, -0.05) is 102 Å². The molecule has 0 heterocycles. The third-order valence-corrected chi connectivity index (χ3v) is 4.11. The van der Waals surface area contributed by atoms with Crippen LogP contribution in [0.4, 0.5) is 0 Å². The maximum absolute atomic E-state index is 2.36. The average molecular weight is 260 g/mol. The molecule has 1 aromatic carbocycles. The lowest BCUT2D eigenvalue weighted by atomic mass is 9.95.